The third kappa shape index (κ3) is 2.02. The van der Waals surface area contributed by atoms with E-state index in [1.807, 2.05) is 6.92 Å². The minimum absolute atomic E-state index is 0.289. The average Bonchev–Trinajstić information content (AvgIpc) is 2.90. The number of carbonyl (C=O) groups is 1. The van der Waals surface area contributed by atoms with Crippen molar-refractivity contribution in [1.82, 2.24) is 5.43 Å². The highest BCUT2D eigenvalue weighted by Crippen LogP contribution is 2.30. The number of hydrogen-bond donors (Lipinski definition) is 1. The van der Waals surface area contributed by atoms with Crippen LogP contribution in [0.25, 0.3) is 0 Å². The lowest BCUT2D eigenvalue weighted by atomic mass is 10.3. The standard InChI is InChI=1S/C10H12N2O2/c1-7(8-4-5-8)11-12-10(13)9-3-2-6-14-9/h2-3,6,8H,4-5H2,1H3,(H,12,13). The summed E-state index contributed by atoms with van der Waals surface area (Å²) in [5.74, 6) is 0.569. The van der Waals surface area contributed by atoms with Crippen molar-refractivity contribution in [2.45, 2.75) is 19.8 Å². The quantitative estimate of drug-likeness (QED) is 0.586. The van der Waals surface area contributed by atoms with Gasteiger partial charge in [-0.1, -0.05) is 0 Å². The van der Waals surface area contributed by atoms with Gasteiger partial charge < -0.3 is 4.42 Å². The van der Waals surface area contributed by atoms with Gasteiger partial charge >= 0.3 is 5.91 Å². The molecule has 1 aliphatic rings. The second-order valence-electron chi connectivity index (χ2n) is 3.45. The van der Waals surface area contributed by atoms with Crippen LogP contribution in [0.15, 0.2) is 27.9 Å². The van der Waals surface area contributed by atoms with E-state index in [1.54, 1.807) is 12.1 Å². The highest BCUT2D eigenvalue weighted by molar-refractivity contribution is 5.93. The summed E-state index contributed by atoms with van der Waals surface area (Å²) in [6.07, 6.45) is 3.84. The lowest BCUT2D eigenvalue weighted by molar-refractivity contribution is 0.0927. The molecule has 0 radical (unpaired) electrons. The van der Waals surface area contributed by atoms with E-state index in [0.29, 0.717) is 5.92 Å². The first-order valence-corrected chi connectivity index (χ1v) is 4.65. The molecule has 1 aliphatic carbocycles. The van der Waals surface area contributed by atoms with Crippen LogP contribution in [0.4, 0.5) is 0 Å². The SMILES string of the molecule is CC(=NNC(=O)c1ccco1)C1CC1. The summed E-state index contributed by atoms with van der Waals surface area (Å²) in [7, 11) is 0. The maximum atomic E-state index is 11.3. The Morgan fingerprint density at radius 3 is 3.00 bits per heavy atom. The topological polar surface area (TPSA) is 54.6 Å². The summed E-state index contributed by atoms with van der Waals surface area (Å²) in [6, 6.07) is 3.28. The monoisotopic (exact) mass is 192 g/mol. The zero-order chi connectivity index (χ0) is 9.97. The molecule has 1 heterocycles. The number of nitrogens with one attached hydrogen (secondary N) is 1. The summed E-state index contributed by atoms with van der Waals surface area (Å²) in [6.45, 7) is 1.93. The highest BCUT2D eigenvalue weighted by atomic mass is 16.3. The predicted molar refractivity (Wildman–Crippen MR) is 52.0 cm³/mol. The van der Waals surface area contributed by atoms with Crippen LogP contribution in [-0.4, -0.2) is 11.6 Å². The molecule has 14 heavy (non-hydrogen) atoms. The van der Waals surface area contributed by atoms with Crippen molar-refractivity contribution in [1.29, 1.82) is 0 Å². The molecule has 0 aliphatic heterocycles. The molecule has 74 valence electrons. The Bertz CT molecular complexity index is 350. The molecule has 1 N–H and O–H groups in total. The molecule has 1 amide bonds. The maximum absolute atomic E-state index is 11.3. The van der Waals surface area contributed by atoms with E-state index in [1.165, 1.54) is 19.1 Å². The minimum Gasteiger partial charge on any atom is -0.459 e. The molecular formula is C10H12N2O2. The van der Waals surface area contributed by atoms with E-state index in [9.17, 15) is 4.79 Å². The number of hydrazone groups is 1. The van der Waals surface area contributed by atoms with Gasteiger partial charge in [-0.15, -0.1) is 0 Å². The first-order valence-electron chi connectivity index (χ1n) is 4.65. The van der Waals surface area contributed by atoms with Crippen LogP contribution in [0.5, 0.6) is 0 Å². The fraction of sp³-hybridized carbons (Fsp3) is 0.400. The van der Waals surface area contributed by atoms with Crippen LogP contribution in [0.2, 0.25) is 0 Å². The molecule has 0 atom stereocenters. The van der Waals surface area contributed by atoms with E-state index in [-0.39, 0.29) is 11.7 Å². The van der Waals surface area contributed by atoms with E-state index in [0.717, 1.165) is 5.71 Å². The normalized spacial score (nSPS) is 16.8. The van der Waals surface area contributed by atoms with Gasteiger partial charge in [-0.05, 0) is 37.8 Å². The van der Waals surface area contributed by atoms with Crippen LogP contribution in [-0.2, 0) is 0 Å². The Hall–Kier alpha value is -1.58. The molecular weight excluding hydrogens is 180 g/mol. The molecule has 1 aromatic heterocycles. The van der Waals surface area contributed by atoms with Gasteiger partial charge in [0.1, 0.15) is 0 Å². The largest absolute Gasteiger partial charge is 0.459 e. The lowest BCUT2D eigenvalue weighted by Crippen LogP contribution is -2.18. The number of nitrogens with zero attached hydrogens (tertiary/aromatic N) is 1. The Morgan fingerprint density at radius 1 is 1.64 bits per heavy atom. The van der Waals surface area contributed by atoms with Crippen LogP contribution in [0, 0.1) is 5.92 Å². The molecule has 4 heteroatoms. The van der Waals surface area contributed by atoms with Crippen molar-refractivity contribution in [2.75, 3.05) is 0 Å². The molecule has 1 saturated carbocycles. The Labute approximate surface area is 82.0 Å². The molecule has 0 unspecified atom stereocenters. The number of hydrogen-bond acceptors (Lipinski definition) is 3. The average molecular weight is 192 g/mol. The molecule has 0 saturated heterocycles. The minimum atomic E-state index is -0.296. The molecule has 0 bridgehead atoms. The van der Waals surface area contributed by atoms with E-state index in [2.05, 4.69) is 10.5 Å². The lowest BCUT2D eigenvalue weighted by Gasteiger charge is -1.98. The van der Waals surface area contributed by atoms with E-state index >= 15 is 0 Å². The summed E-state index contributed by atoms with van der Waals surface area (Å²) >= 11 is 0. The number of carbonyl (C=O) groups excluding carboxylic acids is 1. The second kappa shape index (κ2) is 3.65. The Kier molecular flexibility index (Phi) is 2.35. The van der Waals surface area contributed by atoms with Gasteiger partial charge in [0.25, 0.3) is 0 Å². The van der Waals surface area contributed by atoms with Crippen molar-refractivity contribution in [3.63, 3.8) is 0 Å². The second-order valence-corrected chi connectivity index (χ2v) is 3.45. The van der Waals surface area contributed by atoms with Crippen molar-refractivity contribution >= 4 is 11.6 Å². The van der Waals surface area contributed by atoms with E-state index in [4.69, 9.17) is 4.42 Å². The van der Waals surface area contributed by atoms with Crippen LogP contribution in [0.1, 0.15) is 30.3 Å². The van der Waals surface area contributed by atoms with Crippen molar-refractivity contribution in [3.05, 3.63) is 24.2 Å². The third-order valence-corrected chi connectivity index (χ3v) is 2.25. The highest BCUT2D eigenvalue weighted by Gasteiger charge is 2.24. The predicted octanol–water partition coefficient (Wildman–Crippen LogP) is 1.80. The van der Waals surface area contributed by atoms with Crippen LogP contribution >= 0.6 is 0 Å². The zero-order valence-corrected chi connectivity index (χ0v) is 7.99. The fourth-order valence-corrected chi connectivity index (χ4v) is 1.19. The first-order chi connectivity index (χ1) is 6.77. The summed E-state index contributed by atoms with van der Waals surface area (Å²) in [4.78, 5) is 11.3. The van der Waals surface area contributed by atoms with Gasteiger partial charge in [-0.3, -0.25) is 4.79 Å². The molecule has 1 fully saturated rings. The van der Waals surface area contributed by atoms with Gasteiger partial charge in [-0.2, -0.15) is 5.10 Å². The van der Waals surface area contributed by atoms with Crippen molar-refractivity contribution in [2.24, 2.45) is 11.0 Å². The molecule has 0 aromatic carbocycles. The van der Waals surface area contributed by atoms with Gasteiger partial charge in [0.15, 0.2) is 5.76 Å². The number of amides is 1. The molecule has 2 rings (SSSR count). The first kappa shape index (κ1) is 8.99. The maximum Gasteiger partial charge on any atom is 0.307 e. The van der Waals surface area contributed by atoms with Gasteiger partial charge in [0, 0.05) is 5.71 Å². The molecule has 1 aromatic rings. The summed E-state index contributed by atoms with van der Waals surface area (Å²) in [5, 5.41) is 4.00. The smallest absolute Gasteiger partial charge is 0.307 e. The molecule has 4 nitrogen and oxygen atoms in total. The van der Waals surface area contributed by atoms with Crippen LogP contribution < -0.4 is 5.43 Å². The van der Waals surface area contributed by atoms with Gasteiger partial charge in [0.2, 0.25) is 0 Å². The number of rotatable bonds is 3. The van der Waals surface area contributed by atoms with E-state index < -0.39 is 0 Å². The number of furan rings is 1. The Balaban J connectivity index is 1.91. The van der Waals surface area contributed by atoms with Crippen LogP contribution in [0.3, 0.4) is 0 Å². The van der Waals surface area contributed by atoms with Gasteiger partial charge in [0.05, 0.1) is 6.26 Å². The summed E-state index contributed by atoms with van der Waals surface area (Å²) < 4.78 is 4.92. The molecule has 0 spiro atoms. The summed E-state index contributed by atoms with van der Waals surface area (Å²) in [5.41, 5.74) is 3.45. The van der Waals surface area contributed by atoms with Gasteiger partial charge in [-0.25, -0.2) is 5.43 Å². The Morgan fingerprint density at radius 2 is 2.43 bits per heavy atom. The van der Waals surface area contributed by atoms with Crippen molar-refractivity contribution < 1.29 is 9.21 Å². The fourth-order valence-electron chi connectivity index (χ4n) is 1.19. The van der Waals surface area contributed by atoms with Crippen molar-refractivity contribution in [3.8, 4) is 0 Å². The zero-order valence-electron chi connectivity index (χ0n) is 7.99. The third-order valence-electron chi connectivity index (χ3n) is 2.25.